The van der Waals surface area contributed by atoms with Crippen LogP contribution in [-0.4, -0.2) is 65.0 Å². The quantitative estimate of drug-likeness (QED) is 0.721. The van der Waals surface area contributed by atoms with E-state index in [1.54, 1.807) is 12.1 Å². The highest BCUT2D eigenvalue weighted by Gasteiger charge is 2.43. The smallest absolute Gasteiger partial charge is 0.123 e. The first-order valence-electron chi connectivity index (χ1n) is 12.0. The van der Waals surface area contributed by atoms with Crippen LogP contribution in [0.2, 0.25) is 0 Å². The summed E-state index contributed by atoms with van der Waals surface area (Å²) in [5.74, 6) is -0.142. The van der Waals surface area contributed by atoms with Crippen LogP contribution in [0.3, 0.4) is 0 Å². The zero-order valence-corrected chi connectivity index (χ0v) is 18.6. The summed E-state index contributed by atoms with van der Waals surface area (Å²) in [5.41, 5.74) is 2.88. The van der Waals surface area contributed by atoms with Gasteiger partial charge in [-0.15, -0.1) is 0 Å². The summed E-state index contributed by atoms with van der Waals surface area (Å²) in [6.07, 6.45) is 8.44. The van der Waals surface area contributed by atoms with E-state index in [0.29, 0.717) is 5.41 Å². The van der Waals surface area contributed by atoms with E-state index in [0.717, 1.165) is 19.1 Å². The lowest BCUT2D eigenvalue weighted by Crippen LogP contribution is -2.47. The maximum Gasteiger partial charge on any atom is 0.123 e. The highest BCUT2D eigenvalue weighted by atomic mass is 19.1. The van der Waals surface area contributed by atoms with Crippen LogP contribution >= 0.6 is 0 Å². The van der Waals surface area contributed by atoms with Crippen molar-refractivity contribution in [3.8, 4) is 0 Å². The molecule has 5 heteroatoms. The molecule has 1 atom stereocenters. The molecular formula is C26H35FN4. The van der Waals surface area contributed by atoms with E-state index in [-0.39, 0.29) is 5.82 Å². The Bertz CT molecular complexity index is 834. The number of pyridine rings is 1. The minimum absolute atomic E-state index is 0.142. The van der Waals surface area contributed by atoms with Crippen molar-refractivity contribution in [1.82, 2.24) is 19.7 Å². The number of piperidine rings is 2. The minimum atomic E-state index is -0.142. The van der Waals surface area contributed by atoms with Gasteiger partial charge in [-0.3, -0.25) is 19.7 Å². The number of hydrogen-bond acceptors (Lipinski definition) is 4. The molecule has 1 aromatic carbocycles. The van der Waals surface area contributed by atoms with Crippen molar-refractivity contribution in [3.63, 3.8) is 0 Å². The molecule has 3 saturated heterocycles. The van der Waals surface area contributed by atoms with Gasteiger partial charge in [0.15, 0.2) is 0 Å². The Morgan fingerprint density at radius 3 is 2.48 bits per heavy atom. The molecule has 2 aromatic rings. The SMILES string of the molecule is Fc1ccc(CN2CCCC3(CCN(C4CCN(Cc5ccccn5)CC4)C3)C2)cc1. The number of benzene rings is 1. The van der Waals surface area contributed by atoms with Gasteiger partial charge in [0, 0.05) is 51.5 Å². The fraction of sp³-hybridized carbons (Fsp3) is 0.577. The van der Waals surface area contributed by atoms with Gasteiger partial charge in [-0.1, -0.05) is 18.2 Å². The summed E-state index contributed by atoms with van der Waals surface area (Å²) in [6, 6.07) is 14.0. The number of likely N-dealkylation sites (tertiary alicyclic amines) is 3. The molecule has 31 heavy (non-hydrogen) atoms. The molecule has 0 radical (unpaired) electrons. The van der Waals surface area contributed by atoms with Gasteiger partial charge in [0.05, 0.1) is 5.69 Å². The third kappa shape index (κ3) is 5.16. The molecule has 0 N–H and O–H groups in total. The van der Waals surface area contributed by atoms with Gasteiger partial charge in [0.2, 0.25) is 0 Å². The molecule has 166 valence electrons. The number of hydrogen-bond donors (Lipinski definition) is 0. The second-order valence-electron chi connectivity index (χ2n) is 9.99. The van der Waals surface area contributed by atoms with E-state index >= 15 is 0 Å². The molecule has 1 spiro atoms. The molecule has 0 saturated carbocycles. The van der Waals surface area contributed by atoms with Gasteiger partial charge < -0.3 is 0 Å². The summed E-state index contributed by atoms with van der Waals surface area (Å²) in [5, 5.41) is 0. The average Bonchev–Trinajstić information content (AvgIpc) is 3.19. The fourth-order valence-corrected chi connectivity index (χ4v) is 6.07. The standard InChI is InChI=1S/C26H35FN4/c27-23-7-5-22(6-8-23)18-30-14-3-11-26(20-30)12-17-31(21-26)25-9-15-29(16-10-25)19-24-4-1-2-13-28-24/h1-2,4-8,13,25H,3,9-12,14-21H2. The van der Waals surface area contributed by atoms with Gasteiger partial charge in [-0.2, -0.15) is 0 Å². The highest BCUT2D eigenvalue weighted by Crippen LogP contribution is 2.41. The average molecular weight is 423 g/mol. The first-order valence-corrected chi connectivity index (χ1v) is 12.0. The molecule has 4 heterocycles. The molecule has 1 unspecified atom stereocenters. The monoisotopic (exact) mass is 422 g/mol. The molecular weight excluding hydrogens is 387 g/mol. The van der Waals surface area contributed by atoms with Crippen LogP contribution in [0, 0.1) is 11.2 Å². The summed E-state index contributed by atoms with van der Waals surface area (Å²) in [7, 11) is 0. The molecule has 3 fully saturated rings. The van der Waals surface area contributed by atoms with Crippen LogP contribution < -0.4 is 0 Å². The maximum absolute atomic E-state index is 13.2. The number of halogens is 1. The van der Waals surface area contributed by atoms with Crippen molar-refractivity contribution in [2.75, 3.05) is 39.3 Å². The lowest BCUT2D eigenvalue weighted by Gasteiger charge is -2.42. The van der Waals surface area contributed by atoms with E-state index in [2.05, 4.69) is 31.8 Å². The molecule has 0 bridgehead atoms. The third-order valence-electron chi connectivity index (χ3n) is 7.71. The van der Waals surface area contributed by atoms with Gasteiger partial charge >= 0.3 is 0 Å². The Morgan fingerprint density at radius 1 is 0.871 bits per heavy atom. The largest absolute Gasteiger partial charge is 0.300 e. The molecule has 3 aliphatic heterocycles. The number of aromatic nitrogens is 1. The van der Waals surface area contributed by atoms with Crippen LogP contribution in [-0.2, 0) is 13.1 Å². The predicted octanol–water partition coefficient (Wildman–Crippen LogP) is 4.17. The van der Waals surface area contributed by atoms with Gasteiger partial charge in [0.25, 0.3) is 0 Å². The molecule has 5 rings (SSSR count). The number of rotatable bonds is 5. The highest BCUT2D eigenvalue weighted by molar-refractivity contribution is 5.16. The first kappa shape index (κ1) is 21.0. The minimum Gasteiger partial charge on any atom is -0.300 e. The van der Waals surface area contributed by atoms with Crippen molar-refractivity contribution in [2.45, 2.75) is 51.2 Å². The normalized spacial score (nSPS) is 26.6. The van der Waals surface area contributed by atoms with Crippen LogP contribution in [0.5, 0.6) is 0 Å². The summed E-state index contributed by atoms with van der Waals surface area (Å²) in [4.78, 5) is 12.5. The third-order valence-corrected chi connectivity index (χ3v) is 7.71. The predicted molar refractivity (Wildman–Crippen MR) is 122 cm³/mol. The van der Waals surface area contributed by atoms with Crippen LogP contribution in [0.15, 0.2) is 48.7 Å². The van der Waals surface area contributed by atoms with Crippen molar-refractivity contribution in [2.24, 2.45) is 5.41 Å². The van der Waals surface area contributed by atoms with Crippen LogP contribution in [0.1, 0.15) is 43.4 Å². The zero-order chi connectivity index (χ0) is 21.1. The van der Waals surface area contributed by atoms with Crippen LogP contribution in [0.4, 0.5) is 4.39 Å². The van der Waals surface area contributed by atoms with Crippen LogP contribution in [0.25, 0.3) is 0 Å². The molecule has 1 aromatic heterocycles. The molecule has 3 aliphatic rings. The number of nitrogens with zero attached hydrogens (tertiary/aromatic N) is 4. The van der Waals surface area contributed by atoms with Gasteiger partial charge in [-0.25, -0.2) is 4.39 Å². The van der Waals surface area contributed by atoms with E-state index in [9.17, 15) is 4.39 Å². The topological polar surface area (TPSA) is 22.6 Å². The first-order chi connectivity index (χ1) is 15.2. The van der Waals surface area contributed by atoms with E-state index in [4.69, 9.17) is 0 Å². The van der Waals surface area contributed by atoms with E-state index in [1.807, 2.05) is 24.4 Å². The second kappa shape index (κ2) is 9.35. The van der Waals surface area contributed by atoms with Crippen molar-refractivity contribution in [3.05, 3.63) is 65.7 Å². The summed E-state index contributed by atoms with van der Waals surface area (Å²) in [6.45, 7) is 9.18. The van der Waals surface area contributed by atoms with Crippen molar-refractivity contribution in [1.29, 1.82) is 0 Å². The fourth-order valence-electron chi connectivity index (χ4n) is 6.07. The summed E-state index contributed by atoms with van der Waals surface area (Å²) < 4.78 is 13.2. The second-order valence-corrected chi connectivity index (χ2v) is 9.99. The Hall–Kier alpha value is -1.82. The zero-order valence-electron chi connectivity index (χ0n) is 18.6. The van der Waals surface area contributed by atoms with E-state index in [1.165, 1.54) is 82.6 Å². The Morgan fingerprint density at radius 2 is 1.71 bits per heavy atom. The van der Waals surface area contributed by atoms with Gasteiger partial charge in [-0.05, 0) is 80.4 Å². The molecule has 4 nitrogen and oxygen atoms in total. The van der Waals surface area contributed by atoms with Crippen molar-refractivity contribution >= 4 is 0 Å². The summed E-state index contributed by atoms with van der Waals surface area (Å²) >= 11 is 0. The maximum atomic E-state index is 13.2. The van der Waals surface area contributed by atoms with Gasteiger partial charge in [0.1, 0.15) is 5.82 Å². The Kier molecular flexibility index (Phi) is 6.35. The Labute approximate surface area is 186 Å². The van der Waals surface area contributed by atoms with E-state index < -0.39 is 0 Å². The Balaban J connectivity index is 1.12. The molecule has 0 amide bonds. The van der Waals surface area contributed by atoms with Crippen molar-refractivity contribution < 1.29 is 4.39 Å². The lowest BCUT2D eigenvalue weighted by atomic mass is 9.79. The molecule has 0 aliphatic carbocycles. The lowest BCUT2D eigenvalue weighted by molar-refractivity contribution is 0.0687.